The number of ether oxygens (including phenoxy) is 1. The number of carbonyl (C=O) groups excluding carboxylic acids is 2. The molecule has 0 aromatic rings. The minimum absolute atomic E-state index is 0.356. The van der Waals surface area contributed by atoms with Crippen molar-refractivity contribution in [2.45, 2.75) is 39.5 Å². The van der Waals surface area contributed by atoms with Crippen molar-refractivity contribution in [3.8, 4) is 0 Å². The number of likely N-dealkylation sites (N-methyl/N-ethyl adjacent to an activating group) is 1. The number of hydrogen-bond donors (Lipinski definition) is 0. The van der Waals surface area contributed by atoms with Gasteiger partial charge in [0.2, 0.25) is 0 Å². The molecule has 0 unspecified atom stereocenters. The van der Waals surface area contributed by atoms with E-state index < -0.39 is 11.9 Å². The average Bonchev–Trinajstić information content (AvgIpc) is 2.27. The number of rotatable bonds is 6. The molecule has 0 rings (SSSR count). The Morgan fingerprint density at radius 2 is 1.88 bits per heavy atom. The van der Waals surface area contributed by atoms with Crippen LogP contribution in [0.1, 0.15) is 39.5 Å². The van der Waals surface area contributed by atoms with Gasteiger partial charge < -0.3 is 9.64 Å². The highest BCUT2D eigenvalue weighted by Gasteiger charge is 2.18. The summed E-state index contributed by atoms with van der Waals surface area (Å²) in [6.45, 7) is 4.56. The minimum Gasteiger partial charge on any atom is -0.458 e. The number of unbranched alkanes of at least 4 members (excludes halogenated alkanes) is 1. The summed E-state index contributed by atoms with van der Waals surface area (Å²) < 4.78 is 4.99. The average molecular weight is 229 g/mol. The van der Waals surface area contributed by atoms with E-state index in [2.05, 4.69) is 13.8 Å². The molecular formula is C12H23NO3. The van der Waals surface area contributed by atoms with E-state index >= 15 is 0 Å². The maximum absolute atomic E-state index is 11.3. The molecule has 0 bridgehead atoms. The molecule has 0 spiro atoms. The van der Waals surface area contributed by atoms with Crippen LogP contribution in [0, 0.1) is 5.92 Å². The molecule has 94 valence electrons. The van der Waals surface area contributed by atoms with E-state index in [4.69, 9.17) is 4.74 Å². The Hall–Kier alpha value is -1.06. The fourth-order valence-electron chi connectivity index (χ4n) is 1.34. The van der Waals surface area contributed by atoms with Crippen LogP contribution < -0.4 is 0 Å². The number of carbonyl (C=O) groups is 2. The molecule has 4 nitrogen and oxygen atoms in total. The summed E-state index contributed by atoms with van der Waals surface area (Å²) in [4.78, 5) is 23.7. The Bertz CT molecular complexity index is 226. The van der Waals surface area contributed by atoms with Gasteiger partial charge in [-0.15, -0.1) is 0 Å². The Morgan fingerprint density at radius 1 is 1.25 bits per heavy atom. The first-order valence-electron chi connectivity index (χ1n) is 5.91. The quantitative estimate of drug-likeness (QED) is 0.515. The lowest BCUT2D eigenvalue weighted by atomic mass is 10.0. The molecule has 0 saturated heterocycles. The third-order valence-corrected chi connectivity index (χ3v) is 2.57. The number of nitrogens with zero attached hydrogens (tertiary/aromatic N) is 1. The first-order chi connectivity index (χ1) is 7.52. The highest BCUT2D eigenvalue weighted by molar-refractivity contribution is 6.32. The lowest BCUT2D eigenvalue weighted by Gasteiger charge is -2.15. The molecule has 1 amide bonds. The maximum atomic E-state index is 11.3. The van der Waals surface area contributed by atoms with Crippen LogP contribution in [0.5, 0.6) is 0 Å². The number of amides is 1. The van der Waals surface area contributed by atoms with Crippen molar-refractivity contribution in [1.29, 1.82) is 0 Å². The van der Waals surface area contributed by atoms with Crippen molar-refractivity contribution in [2.24, 2.45) is 5.92 Å². The first kappa shape index (κ1) is 14.9. The van der Waals surface area contributed by atoms with Crippen LogP contribution in [0.4, 0.5) is 0 Å². The normalized spacial score (nSPS) is 12.0. The molecule has 0 saturated carbocycles. The van der Waals surface area contributed by atoms with Crippen molar-refractivity contribution >= 4 is 11.9 Å². The van der Waals surface area contributed by atoms with Crippen molar-refractivity contribution < 1.29 is 14.3 Å². The number of esters is 1. The Morgan fingerprint density at radius 3 is 2.31 bits per heavy atom. The number of hydrogen-bond acceptors (Lipinski definition) is 3. The van der Waals surface area contributed by atoms with Gasteiger partial charge in [-0.05, 0) is 12.3 Å². The molecule has 0 aromatic carbocycles. The van der Waals surface area contributed by atoms with Gasteiger partial charge in [0.05, 0.1) is 6.61 Å². The van der Waals surface area contributed by atoms with Crippen LogP contribution in [-0.2, 0) is 14.3 Å². The summed E-state index contributed by atoms with van der Waals surface area (Å²) in [6, 6.07) is 0. The van der Waals surface area contributed by atoms with Gasteiger partial charge in [-0.25, -0.2) is 4.79 Å². The SMILES string of the molecule is CCCC[C@H](CC)COC(=O)C(=O)N(C)C. The van der Waals surface area contributed by atoms with Crippen LogP contribution >= 0.6 is 0 Å². The van der Waals surface area contributed by atoms with Crippen molar-refractivity contribution in [3.05, 3.63) is 0 Å². The molecule has 0 aromatic heterocycles. The van der Waals surface area contributed by atoms with Crippen molar-refractivity contribution in [3.63, 3.8) is 0 Å². The maximum Gasteiger partial charge on any atom is 0.397 e. The Kier molecular flexibility index (Phi) is 7.60. The summed E-state index contributed by atoms with van der Waals surface area (Å²) >= 11 is 0. The standard InChI is InChI=1S/C12H23NO3/c1-5-7-8-10(6-2)9-16-12(15)11(14)13(3)4/h10H,5-9H2,1-4H3/t10-/m0/s1. The second-order valence-corrected chi connectivity index (χ2v) is 4.21. The van der Waals surface area contributed by atoms with Gasteiger partial charge >= 0.3 is 11.9 Å². The summed E-state index contributed by atoms with van der Waals surface area (Å²) in [6.07, 6.45) is 4.30. The highest BCUT2D eigenvalue weighted by Crippen LogP contribution is 2.12. The van der Waals surface area contributed by atoms with E-state index in [0.29, 0.717) is 12.5 Å². The van der Waals surface area contributed by atoms with Gasteiger partial charge in [0.1, 0.15) is 0 Å². The van der Waals surface area contributed by atoms with Crippen molar-refractivity contribution in [2.75, 3.05) is 20.7 Å². The van der Waals surface area contributed by atoms with E-state index in [1.807, 2.05) is 0 Å². The molecule has 0 aliphatic carbocycles. The monoisotopic (exact) mass is 229 g/mol. The molecule has 0 fully saturated rings. The molecule has 0 aliphatic heterocycles. The van der Waals surface area contributed by atoms with Crippen LogP contribution in [0.3, 0.4) is 0 Å². The smallest absolute Gasteiger partial charge is 0.397 e. The van der Waals surface area contributed by atoms with Gasteiger partial charge in [0.25, 0.3) is 0 Å². The molecule has 4 heteroatoms. The predicted octanol–water partition coefficient (Wildman–Crippen LogP) is 1.83. The zero-order valence-electron chi connectivity index (χ0n) is 10.8. The Balaban J connectivity index is 3.92. The van der Waals surface area contributed by atoms with E-state index in [9.17, 15) is 9.59 Å². The summed E-state index contributed by atoms with van der Waals surface area (Å²) in [5.74, 6) is -0.968. The predicted molar refractivity (Wildman–Crippen MR) is 63.0 cm³/mol. The first-order valence-corrected chi connectivity index (χ1v) is 5.91. The molecule has 1 atom stereocenters. The van der Waals surface area contributed by atoms with Gasteiger partial charge in [-0.1, -0.05) is 33.1 Å². The van der Waals surface area contributed by atoms with Gasteiger partial charge in [0.15, 0.2) is 0 Å². The van der Waals surface area contributed by atoms with Crippen LogP contribution in [0.2, 0.25) is 0 Å². The fraction of sp³-hybridized carbons (Fsp3) is 0.833. The summed E-state index contributed by atoms with van der Waals surface area (Å²) in [7, 11) is 3.08. The van der Waals surface area contributed by atoms with E-state index in [1.165, 1.54) is 19.0 Å². The molecular weight excluding hydrogens is 206 g/mol. The topological polar surface area (TPSA) is 46.6 Å². The molecule has 0 radical (unpaired) electrons. The van der Waals surface area contributed by atoms with E-state index in [-0.39, 0.29) is 0 Å². The molecule has 0 heterocycles. The zero-order chi connectivity index (χ0) is 12.6. The summed E-state index contributed by atoms with van der Waals surface area (Å²) in [5, 5.41) is 0. The molecule has 0 N–H and O–H groups in total. The molecule has 0 aliphatic rings. The Labute approximate surface area is 98.0 Å². The molecule has 16 heavy (non-hydrogen) atoms. The minimum atomic E-state index is -0.750. The summed E-state index contributed by atoms with van der Waals surface area (Å²) in [5.41, 5.74) is 0. The largest absolute Gasteiger partial charge is 0.458 e. The highest BCUT2D eigenvalue weighted by atomic mass is 16.5. The lowest BCUT2D eigenvalue weighted by Crippen LogP contribution is -2.32. The second kappa shape index (κ2) is 8.13. The van der Waals surface area contributed by atoms with Crippen LogP contribution in [-0.4, -0.2) is 37.5 Å². The van der Waals surface area contributed by atoms with Gasteiger partial charge in [-0.2, -0.15) is 0 Å². The van der Waals surface area contributed by atoms with Crippen LogP contribution in [0.15, 0.2) is 0 Å². The third kappa shape index (κ3) is 5.73. The van der Waals surface area contributed by atoms with E-state index in [0.717, 1.165) is 25.7 Å². The van der Waals surface area contributed by atoms with E-state index in [1.54, 1.807) is 0 Å². The second-order valence-electron chi connectivity index (χ2n) is 4.21. The fourth-order valence-corrected chi connectivity index (χ4v) is 1.34. The van der Waals surface area contributed by atoms with Crippen LogP contribution in [0.25, 0.3) is 0 Å². The van der Waals surface area contributed by atoms with Gasteiger partial charge in [0, 0.05) is 14.1 Å². The lowest BCUT2D eigenvalue weighted by molar-refractivity contribution is -0.159. The van der Waals surface area contributed by atoms with Crippen molar-refractivity contribution in [1.82, 2.24) is 4.90 Å². The zero-order valence-corrected chi connectivity index (χ0v) is 10.8. The van der Waals surface area contributed by atoms with Gasteiger partial charge in [-0.3, -0.25) is 4.79 Å². The third-order valence-electron chi connectivity index (χ3n) is 2.57.